The Labute approximate surface area is 107 Å². The van der Waals surface area contributed by atoms with Gasteiger partial charge in [0.15, 0.2) is 5.78 Å². The second-order valence-electron chi connectivity index (χ2n) is 4.72. The fourth-order valence-electron chi connectivity index (χ4n) is 2.37. The molecule has 0 saturated carbocycles. The second-order valence-corrected chi connectivity index (χ2v) is 4.72. The van der Waals surface area contributed by atoms with E-state index in [0.717, 1.165) is 30.6 Å². The Bertz CT molecular complexity index is 470. The lowest BCUT2D eigenvalue weighted by Gasteiger charge is -2.14. The highest BCUT2D eigenvalue weighted by molar-refractivity contribution is 5.89. The molecule has 3 heteroatoms. The van der Waals surface area contributed by atoms with Crippen molar-refractivity contribution in [1.82, 2.24) is 0 Å². The van der Waals surface area contributed by atoms with Crippen molar-refractivity contribution in [1.29, 1.82) is 5.26 Å². The quantitative estimate of drug-likeness (QED) is 0.817. The fourth-order valence-corrected chi connectivity index (χ4v) is 2.37. The number of benzene rings is 1. The van der Waals surface area contributed by atoms with Crippen molar-refractivity contribution in [2.24, 2.45) is 0 Å². The molecule has 0 amide bonds. The summed E-state index contributed by atoms with van der Waals surface area (Å²) in [6, 6.07) is 9.70. The van der Waals surface area contributed by atoms with Gasteiger partial charge >= 0.3 is 0 Å². The minimum atomic E-state index is -0.657. The van der Waals surface area contributed by atoms with E-state index in [2.05, 4.69) is 6.07 Å². The summed E-state index contributed by atoms with van der Waals surface area (Å²) in [5, 5.41) is 9.24. The van der Waals surface area contributed by atoms with Gasteiger partial charge in [0.25, 0.3) is 0 Å². The van der Waals surface area contributed by atoms with Crippen LogP contribution in [0.3, 0.4) is 0 Å². The molecule has 0 aliphatic carbocycles. The van der Waals surface area contributed by atoms with Gasteiger partial charge in [0, 0.05) is 13.0 Å². The van der Waals surface area contributed by atoms with Crippen molar-refractivity contribution in [2.75, 3.05) is 6.61 Å². The average molecular weight is 243 g/mol. The van der Waals surface area contributed by atoms with Crippen LogP contribution in [0.5, 0.6) is 0 Å². The highest BCUT2D eigenvalue weighted by Crippen LogP contribution is 2.24. The van der Waals surface area contributed by atoms with Crippen LogP contribution in [0.2, 0.25) is 0 Å². The van der Waals surface area contributed by atoms with E-state index in [-0.39, 0.29) is 11.9 Å². The standard InChI is InChI=1S/C15H17NO2/c1-11-5-2-3-7-13(11)14(10-16)15(17)9-12-6-4-8-18-12/h2-3,5,7,12,14H,4,6,8-9H2,1H3. The highest BCUT2D eigenvalue weighted by Gasteiger charge is 2.26. The zero-order chi connectivity index (χ0) is 13.0. The van der Waals surface area contributed by atoms with Gasteiger partial charge in [-0.15, -0.1) is 0 Å². The summed E-state index contributed by atoms with van der Waals surface area (Å²) >= 11 is 0. The predicted octanol–water partition coefficient (Wildman–Crippen LogP) is 2.74. The smallest absolute Gasteiger partial charge is 0.157 e. The van der Waals surface area contributed by atoms with Crippen molar-refractivity contribution >= 4 is 5.78 Å². The van der Waals surface area contributed by atoms with E-state index in [0.29, 0.717) is 6.42 Å². The maximum atomic E-state index is 12.2. The molecular weight excluding hydrogens is 226 g/mol. The van der Waals surface area contributed by atoms with Gasteiger partial charge in [0.1, 0.15) is 5.92 Å². The lowest BCUT2D eigenvalue weighted by molar-refractivity contribution is -0.121. The maximum absolute atomic E-state index is 12.2. The Balaban J connectivity index is 2.11. The number of ketones is 1. The molecule has 2 rings (SSSR count). The monoisotopic (exact) mass is 243 g/mol. The molecule has 0 radical (unpaired) electrons. The van der Waals surface area contributed by atoms with Gasteiger partial charge in [-0.25, -0.2) is 0 Å². The van der Waals surface area contributed by atoms with Crippen molar-refractivity contribution in [3.8, 4) is 6.07 Å². The Hall–Kier alpha value is -1.66. The van der Waals surface area contributed by atoms with Crippen LogP contribution in [0.1, 0.15) is 36.3 Å². The molecule has 0 spiro atoms. The lowest BCUT2D eigenvalue weighted by atomic mass is 9.89. The Morgan fingerprint density at radius 1 is 1.56 bits per heavy atom. The van der Waals surface area contributed by atoms with Gasteiger partial charge in [-0.1, -0.05) is 24.3 Å². The second kappa shape index (κ2) is 5.79. The summed E-state index contributed by atoms with van der Waals surface area (Å²) in [4.78, 5) is 12.2. The van der Waals surface area contributed by atoms with Crippen molar-refractivity contribution in [3.63, 3.8) is 0 Å². The number of nitriles is 1. The van der Waals surface area contributed by atoms with Crippen molar-refractivity contribution < 1.29 is 9.53 Å². The molecule has 0 aromatic heterocycles. The molecule has 94 valence electrons. The van der Waals surface area contributed by atoms with Gasteiger partial charge in [-0.2, -0.15) is 5.26 Å². The SMILES string of the molecule is Cc1ccccc1C(C#N)C(=O)CC1CCCO1. The first-order valence-corrected chi connectivity index (χ1v) is 6.32. The summed E-state index contributed by atoms with van der Waals surface area (Å²) in [6.07, 6.45) is 2.31. The number of aryl methyl sites for hydroxylation is 1. The molecule has 2 unspecified atom stereocenters. The third-order valence-electron chi connectivity index (χ3n) is 3.40. The van der Waals surface area contributed by atoms with Crippen molar-refractivity contribution in [2.45, 2.75) is 38.2 Å². The zero-order valence-corrected chi connectivity index (χ0v) is 10.6. The highest BCUT2D eigenvalue weighted by atomic mass is 16.5. The number of rotatable bonds is 4. The van der Waals surface area contributed by atoms with Crippen LogP contribution in [-0.2, 0) is 9.53 Å². The number of ether oxygens (including phenoxy) is 1. The molecular formula is C15H17NO2. The number of carbonyl (C=O) groups is 1. The maximum Gasteiger partial charge on any atom is 0.157 e. The molecule has 1 aliphatic heterocycles. The summed E-state index contributed by atoms with van der Waals surface area (Å²) in [6.45, 7) is 2.67. The molecule has 2 atom stereocenters. The topological polar surface area (TPSA) is 50.1 Å². The largest absolute Gasteiger partial charge is 0.378 e. The number of hydrogen-bond acceptors (Lipinski definition) is 3. The van der Waals surface area contributed by atoms with Crippen LogP contribution in [-0.4, -0.2) is 18.5 Å². The first-order chi connectivity index (χ1) is 8.72. The molecule has 0 N–H and O–H groups in total. The van der Waals surface area contributed by atoms with Gasteiger partial charge in [0.2, 0.25) is 0 Å². The van der Waals surface area contributed by atoms with Crippen molar-refractivity contribution in [3.05, 3.63) is 35.4 Å². The van der Waals surface area contributed by atoms with Gasteiger partial charge in [0.05, 0.1) is 12.2 Å². The number of nitrogens with zero attached hydrogens (tertiary/aromatic N) is 1. The molecule has 1 heterocycles. The summed E-state index contributed by atoms with van der Waals surface area (Å²) in [7, 11) is 0. The van der Waals surface area contributed by atoms with Crippen LogP contribution in [0, 0.1) is 18.3 Å². The van der Waals surface area contributed by atoms with E-state index in [1.54, 1.807) is 0 Å². The van der Waals surface area contributed by atoms with Crippen LogP contribution in [0.4, 0.5) is 0 Å². The van der Waals surface area contributed by atoms with E-state index in [9.17, 15) is 10.1 Å². The molecule has 0 bridgehead atoms. The molecule has 1 aromatic rings. The molecule has 1 aromatic carbocycles. The molecule has 1 saturated heterocycles. The van der Waals surface area contributed by atoms with Gasteiger partial charge < -0.3 is 4.74 Å². The van der Waals surface area contributed by atoms with Crippen LogP contribution in [0.25, 0.3) is 0 Å². The van der Waals surface area contributed by atoms with Gasteiger partial charge in [-0.3, -0.25) is 4.79 Å². The fraction of sp³-hybridized carbons (Fsp3) is 0.467. The van der Waals surface area contributed by atoms with E-state index >= 15 is 0 Å². The van der Waals surface area contributed by atoms with E-state index < -0.39 is 5.92 Å². The normalized spacial score (nSPS) is 20.3. The third-order valence-corrected chi connectivity index (χ3v) is 3.40. The number of hydrogen-bond donors (Lipinski definition) is 0. The zero-order valence-electron chi connectivity index (χ0n) is 10.6. The lowest BCUT2D eigenvalue weighted by Crippen LogP contribution is -2.18. The number of Topliss-reactive ketones (excluding diaryl/α,β-unsaturated/α-hetero) is 1. The third kappa shape index (κ3) is 2.77. The number of carbonyl (C=O) groups excluding carboxylic acids is 1. The van der Waals surface area contributed by atoms with E-state index in [4.69, 9.17) is 4.74 Å². The molecule has 1 aliphatic rings. The Morgan fingerprint density at radius 3 is 2.94 bits per heavy atom. The molecule has 18 heavy (non-hydrogen) atoms. The van der Waals surface area contributed by atoms with Gasteiger partial charge in [-0.05, 0) is 30.9 Å². The average Bonchev–Trinajstić information content (AvgIpc) is 2.85. The van der Waals surface area contributed by atoms with E-state index in [1.165, 1.54) is 0 Å². The molecule has 1 fully saturated rings. The first kappa shape index (κ1) is 12.8. The van der Waals surface area contributed by atoms with Crippen LogP contribution < -0.4 is 0 Å². The summed E-state index contributed by atoms with van der Waals surface area (Å²) in [5.74, 6) is -0.686. The van der Waals surface area contributed by atoms with E-state index in [1.807, 2.05) is 31.2 Å². The predicted molar refractivity (Wildman–Crippen MR) is 68.1 cm³/mol. The molecule has 3 nitrogen and oxygen atoms in total. The summed E-state index contributed by atoms with van der Waals surface area (Å²) in [5.41, 5.74) is 1.81. The first-order valence-electron chi connectivity index (χ1n) is 6.32. The summed E-state index contributed by atoms with van der Waals surface area (Å²) < 4.78 is 5.45. The minimum Gasteiger partial charge on any atom is -0.378 e. The Morgan fingerprint density at radius 2 is 2.33 bits per heavy atom. The van der Waals surface area contributed by atoms with Crippen LogP contribution >= 0.6 is 0 Å². The van der Waals surface area contributed by atoms with Crippen LogP contribution in [0.15, 0.2) is 24.3 Å². The Kier molecular flexibility index (Phi) is 4.11. The minimum absolute atomic E-state index is 0.0115.